The molecular formula is C24H46N4O6. The van der Waals surface area contributed by atoms with Crippen LogP contribution in [0.3, 0.4) is 0 Å². The Labute approximate surface area is 205 Å². The van der Waals surface area contributed by atoms with Crippen molar-refractivity contribution in [2.75, 3.05) is 26.9 Å². The molecule has 0 spiro atoms. The van der Waals surface area contributed by atoms with Crippen molar-refractivity contribution in [1.29, 1.82) is 0 Å². The second-order valence-electron chi connectivity index (χ2n) is 12.8. The van der Waals surface area contributed by atoms with Gasteiger partial charge in [-0.25, -0.2) is 9.59 Å². The first-order chi connectivity index (χ1) is 15.2. The van der Waals surface area contributed by atoms with Crippen LogP contribution < -0.4 is 0 Å². The Kier molecular flexibility index (Phi) is 8.24. The predicted octanol–water partition coefficient (Wildman–Crippen LogP) is 4.20. The summed E-state index contributed by atoms with van der Waals surface area (Å²) in [5, 5.41) is 0. The predicted molar refractivity (Wildman–Crippen MR) is 129 cm³/mol. The molecule has 2 saturated heterocycles. The van der Waals surface area contributed by atoms with Gasteiger partial charge >= 0.3 is 12.1 Å². The molecule has 198 valence electrons. The zero-order valence-corrected chi connectivity index (χ0v) is 23.2. The Bertz CT molecular complexity index is 614. The molecule has 10 nitrogen and oxygen atoms in total. The van der Waals surface area contributed by atoms with Gasteiger partial charge in [0.15, 0.2) is 12.3 Å². The van der Waals surface area contributed by atoms with E-state index in [1.165, 1.54) is 0 Å². The number of amides is 4. The molecule has 10 heteroatoms. The molecule has 2 rings (SSSR count). The topological polar surface area (TPSA) is 84.0 Å². The Hall–Kier alpha value is -1.62. The van der Waals surface area contributed by atoms with Gasteiger partial charge in [0.25, 0.3) is 0 Å². The number of fused-ring (bicyclic) bond motifs is 1. The zero-order chi connectivity index (χ0) is 26.3. The van der Waals surface area contributed by atoms with E-state index in [4.69, 9.17) is 18.9 Å². The molecule has 0 aromatic rings. The van der Waals surface area contributed by atoms with E-state index >= 15 is 0 Å². The van der Waals surface area contributed by atoms with E-state index in [9.17, 15) is 9.59 Å². The monoisotopic (exact) mass is 486 g/mol. The minimum atomic E-state index is -0.614. The Morgan fingerprint density at radius 2 is 0.647 bits per heavy atom. The number of rotatable bonds is 8. The minimum absolute atomic E-state index is 0.0305. The van der Waals surface area contributed by atoms with E-state index in [1.807, 2.05) is 83.1 Å². The summed E-state index contributed by atoms with van der Waals surface area (Å²) in [5.41, 5.74) is -1.85. The van der Waals surface area contributed by atoms with Gasteiger partial charge in [-0.1, -0.05) is 0 Å². The van der Waals surface area contributed by atoms with Gasteiger partial charge in [0.1, 0.15) is 26.9 Å². The summed E-state index contributed by atoms with van der Waals surface area (Å²) in [4.78, 5) is 33.5. The van der Waals surface area contributed by atoms with E-state index in [-0.39, 0.29) is 39.0 Å². The highest BCUT2D eigenvalue weighted by molar-refractivity contribution is 5.85. The fraction of sp³-hybridized carbons (Fsp3) is 0.917. The van der Waals surface area contributed by atoms with Crippen LogP contribution in [0.25, 0.3) is 0 Å². The Morgan fingerprint density at radius 3 is 0.794 bits per heavy atom. The standard InChI is InChI=1S/C24H46N4O6/c1-21(2,3)31-13-25-17-18(27(19(25)29)15-33-23(7,8)9)28(16-34-24(10,11)12)20(30)26(17)14-32-22(4,5)6/h17-18H,13-16H2,1-12H3. The number of ether oxygens (including phenoxy) is 4. The first-order valence-electron chi connectivity index (χ1n) is 11.9. The molecular weight excluding hydrogens is 440 g/mol. The van der Waals surface area contributed by atoms with Crippen LogP contribution in [0.15, 0.2) is 0 Å². The average molecular weight is 487 g/mol. The number of carbonyl (C=O) groups is 2. The molecule has 0 saturated carbocycles. The quantitative estimate of drug-likeness (QED) is 0.511. The first kappa shape index (κ1) is 28.6. The van der Waals surface area contributed by atoms with Crippen molar-refractivity contribution >= 4 is 12.1 Å². The van der Waals surface area contributed by atoms with Gasteiger partial charge in [0, 0.05) is 0 Å². The van der Waals surface area contributed by atoms with Gasteiger partial charge in [0.05, 0.1) is 22.4 Å². The van der Waals surface area contributed by atoms with E-state index in [0.29, 0.717) is 0 Å². The largest absolute Gasteiger partial charge is 0.355 e. The smallest absolute Gasteiger partial charge is 0.327 e. The van der Waals surface area contributed by atoms with Gasteiger partial charge in [-0.15, -0.1) is 0 Å². The minimum Gasteiger partial charge on any atom is -0.355 e. The number of nitrogens with zero attached hydrogens (tertiary/aromatic N) is 4. The average Bonchev–Trinajstić information content (AvgIpc) is 3.02. The summed E-state index contributed by atoms with van der Waals surface area (Å²) in [6.07, 6.45) is -1.23. The fourth-order valence-electron chi connectivity index (χ4n) is 3.34. The number of hydrogen-bond acceptors (Lipinski definition) is 6. The first-order valence-corrected chi connectivity index (χ1v) is 11.9. The maximum Gasteiger partial charge on any atom is 0.327 e. The van der Waals surface area contributed by atoms with Crippen molar-refractivity contribution in [2.45, 2.75) is 118 Å². The molecule has 0 aliphatic carbocycles. The Morgan fingerprint density at radius 1 is 0.471 bits per heavy atom. The second-order valence-corrected chi connectivity index (χ2v) is 12.8. The lowest BCUT2D eigenvalue weighted by atomic mass is 10.2. The summed E-state index contributed by atoms with van der Waals surface area (Å²) in [5.74, 6) is 0. The molecule has 4 amide bonds. The van der Waals surface area contributed by atoms with Crippen LogP contribution in [0.2, 0.25) is 0 Å². The number of hydrogen-bond donors (Lipinski definition) is 0. The molecule has 0 aromatic carbocycles. The molecule has 2 heterocycles. The molecule has 0 aromatic heterocycles. The second kappa shape index (κ2) is 9.79. The number of carbonyl (C=O) groups excluding carboxylic acids is 2. The molecule has 2 aliphatic heterocycles. The summed E-state index contributed by atoms with van der Waals surface area (Å²) in [7, 11) is 0. The van der Waals surface area contributed by atoms with Crippen molar-refractivity contribution in [3.05, 3.63) is 0 Å². The van der Waals surface area contributed by atoms with Crippen LogP contribution in [0.1, 0.15) is 83.1 Å². The third-order valence-corrected chi connectivity index (χ3v) is 5.07. The number of urea groups is 2. The van der Waals surface area contributed by atoms with Crippen LogP contribution in [-0.2, 0) is 18.9 Å². The zero-order valence-electron chi connectivity index (χ0n) is 23.2. The van der Waals surface area contributed by atoms with Crippen LogP contribution in [0.5, 0.6) is 0 Å². The molecule has 0 bridgehead atoms. The van der Waals surface area contributed by atoms with Crippen molar-refractivity contribution < 1.29 is 28.5 Å². The van der Waals surface area contributed by atoms with Crippen molar-refractivity contribution in [3.8, 4) is 0 Å². The highest BCUT2D eigenvalue weighted by Crippen LogP contribution is 2.36. The summed E-state index contributed by atoms with van der Waals surface area (Å²) in [6.45, 7) is 23.2. The lowest BCUT2D eigenvalue weighted by molar-refractivity contribution is -0.102. The van der Waals surface area contributed by atoms with Crippen molar-refractivity contribution in [2.24, 2.45) is 0 Å². The fourth-order valence-corrected chi connectivity index (χ4v) is 3.34. The van der Waals surface area contributed by atoms with Gasteiger partial charge < -0.3 is 18.9 Å². The SMILES string of the molecule is CC(C)(C)OCN1C(=O)N(COC(C)(C)C)C2C1N(COC(C)(C)C)C(=O)N2COC(C)(C)C. The molecule has 2 fully saturated rings. The molecule has 2 aliphatic rings. The van der Waals surface area contributed by atoms with Gasteiger partial charge in [0.2, 0.25) is 0 Å². The summed E-state index contributed by atoms with van der Waals surface area (Å²) >= 11 is 0. The van der Waals surface area contributed by atoms with Crippen LogP contribution in [0.4, 0.5) is 9.59 Å². The lowest BCUT2D eigenvalue weighted by Crippen LogP contribution is -2.50. The van der Waals surface area contributed by atoms with Crippen LogP contribution in [0, 0.1) is 0 Å². The van der Waals surface area contributed by atoms with E-state index < -0.39 is 34.7 Å². The van der Waals surface area contributed by atoms with Gasteiger partial charge in [-0.05, 0) is 83.1 Å². The highest BCUT2D eigenvalue weighted by atomic mass is 16.5. The summed E-state index contributed by atoms with van der Waals surface area (Å²) < 4.78 is 23.9. The van der Waals surface area contributed by atoms with Crippen LogP contribution in [-0.4, -0.2) is 93.3 Å². The van der Waals surface area contributed by atoms with E-state index in [1.54, 1.807) is 19.6 Å². The van der Waals surface area contributed by atoms with Gasteiger partial charge in [-0.3, -0.25) is 19.6 Å². The van der Waals surface area contributed by atoms with Crippen molar-refractivity contribution in [1.82, 2.24) is 19.6 Å². The third-order valence-electron chi connectivity index (χ3n) is 5.07. The highest BCUT2D eigenvalue weighted by Gasteiger charge is 2.60. The lowest BCUT2D eigenvalue weighted by Gasteiger charge is -2.33. The molecule has 0 N–H and O–H groups in total. The van der Waals surface area contributed by atoms with Crippen molar-refractivity contribution in [3.63, 3.8) is 0 Å². The Balaban J connectivity index is 2.44. The molecule has 0 atom stereocenters. The third kappa shape index (κ3) is 7.69. The normalized spacial score (nSPS) is 22.4. The molecule has 0 radical (unpaired) electrons. The van der Waals surface area contributed by atoms with E-state index in [0.717, 1.165) is 0 Å². The maximum absolute atomic E-state index is 13.6. The summed E-state index contributed by atoms with van der Waals surface area (Å²) in [6, 6.07) is -0.532. The van der Waals surface area contributed by atoms with Crippen LogP contribution >= 0.6 is 0 Å². The van der Waals surface area contributed by atoms with E-state index in [2.05, 4.69) is 0 Å². The molecule has 0 unspecified atom stereocenters. The molecule has 34 heavy (non-hydrogen) atoms. The van der Waals surface area contributed by atoms with Gasteiger partial charge in [-0.2, -0.15) is 0 Å². The maximum atomic E-state index is 13.6.